The van der Waals surface area contributed by atoms with Crippen molar-refractivity contribution >= 4 is 17.2 Å². The van der Waals surface area contributed by atoms with E-state index in [-0.39, 0.29) is 6.04 Å². The molecule has 1 aromatic heterocycles. The Morgan fingerprint density at radius 3 is 2.91 bits per heavy atom. The summed E-state index contributed by atoms with van der Waals surface area (Å²) in [6, 6.07) is 6.19. The third-order valence-corrected chi connectivity index (χ3v) is 4.77. The van der Waals surface area contributed by atoms with Gasteiger partial charge in [0.1, 0.15) is 12.4 Å². The van der Waals surface area contributed by atoms with Gasteiger partial charge in [-0.2, -0.15) is 0 Å². The van der Waals surface area contributed by atoms with E-state index in [2.05, 4.69) is 9.47 Å². The summed E-state index contributed by atoms with van der Waals surface area (Å²) in [5.41, 5.74) is 2.89. The Morgan fingerprint density at radius 2 is 2.14 bits per heavy atom. The van der Waals surface area contributed by atoms with Crippen molar-refractivity contribution < 1.29 is 14.3 Å². The molecule has 0 bridgehead atoms. The Balaban J connectivity index is 1.77. The summed E-state index contributed by atoms with van der Waals surface area (Å²) < 4.78 is 13.7. The number of carbonyl (C=O) groups excluding carboxylic acids is 1. The fourth-order valence-corrected chi connectivity index (χ4v) is 3.68. The molecule has 5 heteroatoms. The van der Waals surface area contributed by atoms with Crippen LogP contribution in [0.25, 0.3) is 10.9 Å². The van der Waals surface area contributed by atoms with E-state index in [1.165, 1.54) is 0 Å². The first-order chi connectivity index (χ1) is 10.8. The molecule has 22 heavy (non-hydrogen) atoms. The molecule has 3 heterocycles. The van der Waals surface area contributed by atoms with E-state index in [9.17, 15) is 4.79 Å². The first-order valence-electron chi connectivity index (χ1n) is 7.81. The predicted octanol–water partition coefficient (Wildman–Crippen LogP) is 2.03. The third-order valence-electron chi connectivity index (χ3n) is 4.77. The van der Waals surface area contributed by atoms with Crippen molar-refractivity contribution in [2.45, 2.75) is 13.0 Å². The number of nitrogens with zero attached hydrogens (tertiary/aromatic N) is 2. The van der Waals surface area contributed by atoms with Gasteiger partial charge in [0.05, 0.1) is 24.8 Å². The van der Waals surface area contributed by atoms with Crippen LogP contribution in [0.1, 0.15) is 22.1 Å². The number of hydrogen-bond donors (Lipinski definition) is 0. The molecule has 0 radical (unpaired) electrons. The van der Waals surface area contributed by atoms with Crippen LogP contribution in [0.15, 0.2) is 18.2 Å². The van der Waals surface area contributed by atoms with E-state index in [0.29, 0.717) is 6.61 Å². The maximum atomic E-state index is 11.5. The average molecular weight is 300 g/mol. The first-order valence-corrected chi connectivity index (χ1v) is 7.81. The molecule has 0 spiro atoms. The van der Waals surface area contributed by atoms with Gasteiger partial charge in [0.25, 0.3) is 0 Å². The Kier molecular flexibility index (Phi) is 3.39. The Morgan fingerprint density at radius 1 is 1.32 bits per heavy atom. The SMILES string of the molecule is Cc1c(C=O)c2cccc3c2n1C(CN1CCOCC1)CO3. The number of morpholine rings is 1. The first kappa shape index (κ1) is 13.8. The molecule has 0 aliphatic carbocycles. The lowest BCUT2D eigenvalue weighted by Gasteiger charge is -2.34. The van der Waals surface area contributed by atoms with Crippen LogP contribution in [-0.2, 0) is 4.74 Å². The van der Waals surface area contributed by atoms with Crippen molar-refractivity contribution in [3.8, 4) is 5.75 Å². The summed E-state index contributed by atoms with van der Waals surface area (Å²) in [4.78, 5) is 13.9. The molecule has 1 fully saturated rings. The molecule has 2 aromatic rings. The van der Waals surface area contributed by atoms with E-state index in [1.807, 2.05) is 25.1 Å². The third kappa shape index (κ3) is 2.04. The number of hydrogen-bond acceptors (Lipinski definition) is 4. The number of carbonyl (C=O) groups is 1. The van der Waals surface area contributed by atoms with Crippen molar-refractivity contribution in [2.75, 3.05) is 39.5 Å². The second-order valence-electron chi connectivity index (χ2n) is 6.02. The van der Waals surface area contributed by atoms with Gasteiger partial charge >= 0.3 is 0 Å². The summed E-state index contributed by atoms with van der Waals surface area (Å²) in [5.74, 6) is 0.881. The minimum Gasteiger partial charge on any atom is -0.489 e. The van der Waals surface area contributed by atoms with Gasteiger partial charge in [-0.05, 0) is 13.0 Å². The van der Waals surface area contributed by atoms with Gasteiger partial charge < -0.3 is 14.0 Å². The molecule has 0 amide bonds. The lowest BCUT2D eigenvalue weighted by Crippen LogP contribution is -2.42. The van der Waals surface area contributed by atoms with Crippen LogP contribution in [0, 0.1) is 6.92 Å². The van der Waals surface area contributed by atoms with Gasteiger partial charge in [-0.3, -0.25) is 9.69 Å². The molecule has 5 nitrogen and oxygen atoms in total. The topological polar surface area (TPSA) is 43.7 Å². The smallest absolute Gasteiger partial charge is 0.152 e. The largest absolute Gasteiger partial charge is 0.489 e. The van der Waals surface area contributed by atoms with E-state index in [0.717, 1.165) is 67.0 Å². The van der Waals surface area contributed by atoms with Crippen LogP contribution in [0.2, 0.25) is 0 Å². The van der Waals surface area contributed by atoms with E-state index in [4.69, 9.17) is 9.47 Å². The van der Waals surface area contributed by atoms with E-state index < -0.39 is 0 Å². The van der Waals surface area contributed by atoms with E-state index in [1.54, 1.807) is 0 Å². The summed E-state index contributed by atoms with van der Waals surface area (Å²) in [7, 11) is 0. The average Bonchev–Trinajstić information content (AvgIpc) is 2.85. The minimum absolute atomic E-state index is 0.240. The molecule has 116 valence electrons. The van der Waals surface area contributed by atoms with Crippen LogP contribution in [0.3, 0.4) is 0 Å². The van der Waals surface area contributed by atoms with Crippen molar-refractivity contribution in [3.63, 3.8) is 0 Å². The van der Waals surface area contributed by atoms with Crippen molar-refractivity contribution in [3.05, 3.63) is 29.5 Å². The Hall–Kier alpha value is -1.85. The fourth-order valence-electron chi connectivity index (χ4n) is 3.68. The number of aromatic nitrogens is 1. The highest BCUT2D eigenvalue weighted by Crippen LogP contribution is 2.38. The fraction of sp³-hybridized carbons (Fsp3) is 0.471. The molecular weight excluding hydrogens is 280 g/mol. The Bertz CT molecular complexity index is 716. The second kappa shape index (κ2) is 5.41. The molecule has 0 saturated carbocycles. The van der Waals surface area contributed by atoms with Crippen molar-refractivity contribution in [2.24, 2.45) is 0 Å². The molecular formula is C17H20N2O3. The van der Waals surface area contributed by atoms with Crippen LogP contribution in [-0.4, -0.2) is 55.2 Å². The normalized spacial score (nSPS) is 21.8. The maximum Gasteiger partial charge on any atom is 0.152 e. The molecule has 0 N–H and O–H groups in total. The highest BCUT2D eigenvalue weighted by molar-refractivity contribution is 6.02. The van der Waals surface area contributed by atoms with Gasteiger partial charge in [-0.25, -0.2) is 0 Å². The highest BCUT2D eigenvalue weighted by atomic mass is 16.5. The van der Waals surface area contributed by atoms with Gasteiger partial charge in [0.15, 0.2) is 6.29 Å². The van der Waals surface area contributed by atoms with Crippen molar-refractivity contribution in [1.29, 1.82) is 0 Å². The molecule has 1 atom stereocenters. The number of benzene rings is 1. The summed E-state index contributed by atoms with van der Waals surface area (Å²) in [5, 5.41) is 0.997. The van der Waals surface area contributed by atoms with Crippen molar-refractivity contribution in [1.82, 2.24) is 9.47 Å². The Labute approximate surface area is 129 Å². The summed E-state index contributed by atoms with van der Waals surface area (Å²) in [6.07, 6.45) is 0.967. The van der Waals surface area contributed by atoms with Gasteiger partial charge in [-0.15, -0.1) is 0 Å². The number of ether oxygens (including phenoxy) is 2. The quantitative estimate of drug-likeness (QED) is 0.814. The number of para-hydroxylation sites is 1. The van der Waals surface area contributed by atoms with Crippen LogP contribution >= 0.6 is 0 Å². The zero-order valence-corrected chi connectivity index (χ0v) is 12.7. The summed E-state index contributed by atoms with van der Waals surface area (Å²) >= 11 is 0. The zero-order valence-electron chi connectivity index (χ0n) is 12.7. The monoisotopic (exact) mass is 300 g/mol. The molecule has 4 rings (SSSR count). The molecule has 1 aromatic carbocycles. The van der Waals surface area contributed by atoms with E-state index >= 15 is 0 Å². The molecule has 2 aliphatic heterocycles. The standard InChI is InChI=1S/C17H20N2O3/c1-12-15(10-20)14-3-2-4-16-17(14)19(12)13(11-22-16)9-18-5-7-21-8-6-18/h2-4,10,13H,5-9,11H2,1H3. The lowest BCUT2D eigenvalue weighted by atomic mass is 10.1. The second-order valence-corrected chi connectivity index (χ2v) is 6.02. The van der Waals surface area contributed by atoms with Gasteiger partial charge in [-0.1, -0.05) is 12.1 Å². The maximum absolute atomic E-state index is 11.5. The summed E-state index contributed by atoms with van der Waals surface area (Å²) in [6.45, 7) is 7.13. The van der Waals surface area contributed by atoms with Crippen LogP contribution < -0.4 is 4.74 Å². The number of aldehydes is 1. The molecule has 1 unspecified atom stereocenters. The van der Waals surface area contributed by atoms with Crippen LogP contribution in [0.5, 0.6) is 5.75 Å². The molecule has 1 saturated heterocycles. The number of rotatable bonds is 3. The van der Waals surface area contributed by atoms with Crippen LogP contribution in [0.4, 0.5) is 0 Å². The zero-order chi connectivity index (χ0) is 15.1. The highest BCUT2D eigenvalue weighted by Gasteiger charge is 2.28. The lowest BCUT2D eigenvalue weighted by molar-refractivity contribution is 0.0272. The van der Waals surface area contributed by atoms with Gasteiger partial charge in [0, 0.05) is 36.3 Å². The van der Waals surface area contributed by atoms with Gasteiger partial charge in [0.2, 0.25) is 0 Å². The molecule has 2 aliphatic rings. The minimum atomic E-state index is 0.240. The predicted molar refractivity (Wildman–Crippen MR) is 83.9 cm³/mol.